The molecule has 19 heavy (non-hydrogen) atoms. The third-order valence-corrected chi connectivity index (χ3v) is 3.67. The van der Waals surface area contributed by atoms with Crippen LogP contribution in [0.2, 0.25) is 0 Å². The fourth-order valence-electron chi connectivity index (χ4n) is 2.51. The van der Waals surface area contributed by atoms with Crippen molar-refractivity contribution in [1.29, 1.82) is 0 Å². The molecule has 106 valence electrons. The van der Waals surface area contributed by atoms with Crippen LogP contribution in [0.5, 0.6) is 0 Å². The number of nitrogens with one attached hydrogen (secondary N) is 1. The van der Waals surface area contributed by atoms with Gasteiger partial charge in [0, 0.05) is 30.8 Å². The first-order valence-electron chi connectivity index (χ1n) is 6.94. The smallest absolute Gasteiger partial charge is 0.130 e. The van der Waals surface area contributed by atoms with E-state index in [1.54, 1.807) is 6.07 Å². The van der Waals surface area contributed by atoms with Gasteiger partial charge in [-0.25, -0.2) is 8.78 Å². The average molecular weight is 268 g/mol. The molecular formula is C15H22F2N2. The Bertz CT molecular complexity index is 423. The minimum atomic E-state index is -0.514. The van der Waals surface area contributed by atoms with Gasteiger partial charge in [-0.05, 0) is 38.4 Å². The molecule has 2 nitrogen and oxygen atoms in total. The van der Waals surface area contributed by atoms with Crippen molar-refractivity contribution >= 4 is 0 Å². The molecule has 1 aliphatic heterocycles. The molecule has 1 aliphatic rings. The summed E-state index contributed by atoms with van der Waals surface area (Å²) in [5.41, 5.74) is 0.579. The molecular weight excluding hydrogens is 246 g/mol. The van der Waals surface area contributed by atoms with Crippen LogP contribution in [-0.2, 0) is 6.54 Å². The van der Waals surface area contributed by atoms with E-state index < -0.39 is 11.6 Å². The van der Waals surface area contributed by atoms with E-state index in [4.69, 9.17) is 0 Å². The normalized spacial score (nSPS) is 25.9. The van der Waals surface area contributed by atoms with Crippen molar-refractivity contribution in [2.45, 2.75) is 32.9 Å². The largest absolute Gasteiger partial charge is 0.314 e. The Balaban J connectivity index is 2.03. The molecule has 0 bridgehead atoms. The van der Waals surface area contributed by atoms with E-state index in [2.05, 4.69) is 24.1 Å². The van der Waals surface area contributed by atoms with E-state index in [9.17, 15) is 8.78 Å². The molecule has 0 radical (unpaired) electrons. The molecule has 2 atom stereocenters. The zero-order valence-corrected chi connectivity index (χ0v) is 11.6. The number of halogens is 2. The fraction of sp³-hybridized carbons (Fsp3) is 0.600. The monoisotopic (exact) mass is 268 g/mol. The van der Waals surface area contributed by atoms with Crippen LogP contribution < -0.4 is 5.32 Å². The summed E-state index contributed by atoms with van der Waals surface area (Å²) < 4.78 is 26.6. The summed E-state index contributed by atoms with van der Waals surface area (Å²) in [4.78, 5) is 2.26. The van der Waals surface area contributed by atoms with Gasteiger partial charge in [-0.1, -0.05) is 13.0 Å². The number of nitrogens with zero attached hydrogens (tertiary/aromatic N) is 1. The van der Waals surface area contributed by atoms with Gasteiger partial charge in [-0.2, -0.15) is 0 Å². The number of hydrogen-bond donors (Lipinski definition) is 1. The molecule has 0 saturated carbocycles. The summed E-state index contributed by atoms with van der Waals surface area (Å²) in [6, 6.07) is 4.34. The van der Waals surface area contributed by atoms with Crippen LogP contribution in [0, 0.1) is 17.6 Å². The molecule has 1 fully saturated rings. The van der Waals surface area contributed by atoms with Crippen LogP contribution in [0.15, 0.2) is 18.2 Å². The molecule has 1 heterocycles. The quantitative estimate of drug-likeness (QED) is 0.887. The van der Waals surface area contributed by atoms with E-state index in [-0.39, 0.29) is 0 Å². The average Bonchev–Trinajstić information content (AvgIpc) is 2.35. The fourth-order valence-corrected chi connectivity index (χ4v) is 2.51. The summed E-state index contributed by atoms with van der Waals surface area (Å²) >= 11 is 0. The van der Waals surface area contributed by atoms with Gasteiger partial charge < -0.3 is 5.32 Å². The van der Waals surface area contributed by atoms with Gasteiger partial charge in [0.1, 0.15) is 11.6 Å². The first-order valence-corrected chi connectivity index (χ1v) is 6.94. The first kappa shape index (κ1) is 14.4. The van der Waals surface area contributed by atoms with E-state index >= 15 is 0 Å². The Morgan fingerprint density at radius 2 is 2.11 bits per heavy atom. The zero-order chi connectivity index (χ0) is 13.8. The van der Waals surface area contributed by atoms with Crippen molar-refractivity contribution in [3.8, 4) is 0 Å². The van der Waals surface area contributed by atoms with Crippen molar-refractivity contribution in [2.75, 3.05) is 19.6 Å². The van der Waals surface area contributed by atoms with Gasteiger partial charge in [-0.3, -0.25) is 4.90 Å². The molecule has 1 N–H and O–H groups in total. The maximum absolute atomic E-state index is 13.7. The number of hydrogen-bond acceptors (Lipinski definition) is 2. The maximum Gasteiger partial charge on any atom is 0.130 e. The molecule has 0 aromatic heterocycles. The Hall–Kier alpha value is -1.00. The van der Waals surface area contributed by atoms with Crippen molar-refractivity contribution in [3.63, 3.8) is 0 Å². The second-order valence-corrected chi connectivity index (χ2v) is 5.67. The summed E-state index contributed by atoms with van der Waals surface area (Å²) in [7, 11) is 0. The highest BCUT2D eigenvalue weighted by Crippen LogP contribution is 2.15. The van der Waals surface area contributed by atoms with Gasteiger partial charge in [-0.15, -0.1) is 0 Å². The van der Waals surface area contributed by atoms with E-state index in [1.165, 1.54) is 6.07 Å². The highest BCUT2D eigenvalue weighted by molar-refractivity contribution is 5.18. The van der Waals surface area contributed by atoms with Crippen LogP contribution in [0.25, 0.3) is 0 Å². The number of rotatable bonds is 2. The Kier molecular flexibility index (Phi) is 4.88. The molecule has 0 spiro atoms. The molecule has 2 rings (SSSR count). The molecule has 4 heteroatoms. The second kappa shape index (κ2) is 6.44. The van der Waals surface area contributed by atoms with Gasteiger partial charge in [0.15, 0.2) is 0 Å². The minimum Gasteiger partial charge on any atom is -0.314 e. The van der Waals surface area contributed by atoms with Crippen LogP contribution in [0.3, 0.4) is 0 Å². The lowest BCUT2D eigenvalue weighted by Crippen LogP contribution is -2.42. The predicted octanol–water partition coefficient (Wildman–Crippen LogP) is 2.78. The summed E-state index contributed by atoms with van der Waals surface area (Å²) in [5.74, 6) is -0.424. The van der Waals surface area contributed by atoms with E-state index in [0.29, 0.717) is 24.1 Å². The Morgan fingerprint density at radius 1 is 1.32 bits per heavy atom. The van der Waals surface area contributed by atoms with Crippen molar-refractivity contribution in [1.82, 2.24) is 10.2 Å². The van der Waals surface area contributed by atoms with Crippen LogP contribution in [-0.4, -0.2) is 30.6 Å². The summed E-state index contributed by atoms with van der Waals surface area (Å²) in [5, 5.41) is 3.49. The Labute approximate surface area is 113 Å². The first-order chi connectivity index (χ1) is 9.04. The van der Waals surface area contributed by atoms with Gasteiger partial charge >= 0.3 is 0 Å². The maximum atomic E-state index is 13.7. The van der Waals surface area contributed by atoms with Gasteiger partial charge in [0.2, 0.25) is 0 Å². The van der Waals surface area contributed by atoms with Crippen LogP contribution in [0.4, 0.5) is 8.78 Å². The van der Waals surface area contributed by atoms with Gasteiger partial charge in [0.05, 0.1) is 0 Å². The standard InChI is InChI=1S/C15H22F2N2/c1-11-8-18-12(2)5-6-19(9-11)10-13-3-4-14(16)7-15(13)17/h3-4,7,11-12,18H,5-6,8-10H2,1-2H3. The molecule has 1 saturated heterocycles. The lowest BCUT2D eigenvalue weighted by atomic mass is 10.1. The minimum absolute atomic E-state index is 0.444. The molecule has 0 amide bonds. The third kappa shape index (κ3) is 4.25. The van der Waals surface area contributed by atoms with Crippen molar-refractivity contribution < 1.29 is 8.78 Å². The second-order valence-electron chi connectivity index (χ2n) is 5.67. The topological polar surface area (TPSA) is 15.3 Å². The zero-order valence-electron chi connectivity index (χ0n) is 11.6. The third-order valence-electron chi connectivity index (χ3n) is 3.67. The molecule has 1 aromatic rings. The summed E-state index contributed by atoms with van der Waals surface area (Å²) in [6.45, 7) is 7.80. The lowest BCUT2D eigenvalue weighted by Gasteiger charge is -2.31. The van der Waals surface area contributed by atoms with E-state index in [1.807, 2.05) is 0 Å². The molecule has 1 aromatic carbocycles. The molecule has 2 unspecified atom stereocenters. The summed E-state index contributed by atoms with van der Waals surface area (Å²) in [6.07, 6.45) is 1.05. The Morgan fingerprint density at radius 3 is 2.84 bits per heavy atom. The highest BCUT2D eigenvalue weighted by Gasteiger charge is 2.17. The number of benzene rings is 1. The van der Waals surface area contributed by atoms with Gasteiger partial charge in [0.25, 0.3) is 0 Å². The van der Waals surface area contributed by atoms with Crippen LogP contribution in [0.1, 0.15) is 25.8 Å². The predicted molar refractivity (Wildman–Crippen MR) is 72.9 cm³/mol. The van der Waals surface area contributed by atoms with Crippen LogP contribution >= 0.6 is 0 Å². The SMILES string of the molecule is CC1CNC(C)CCN(Cc2ccc(F)cc2F)C1. The van der Waals surface area contributed by atoms with Crippen molar-refractivity contribution in [3.05, 3.63) is 35.4 Å². The van der Waals surface area contributed by atoms with E-state index in [0.717, 1.165) is 32.1 Å². The molecule has 0 aliphatic carbocycles. The highest BCUT2D eigenvalue weighted by atomic mass is 19.1. The van der Waals surface area contributed by atoms with Crippen molar-refractivity contribution in [2.24, 2.45) is 5.92 Å². The lowest BCUT2D eigenvalue weighted by molar-refractivity contribution is 0.193.